The van der Waals surface area contributed by atoms with Crippen LogP contribution in [0.25, 0.3) is 10.6 Å². The minimum absolute atomic E-state index is 0.0250. The van der Waals surface area contributed by atoms with E-state index in [1.165, 1.54) is 41.7 Å². The molecule has 1 aliphatic heterocycles. The minimum Gasteiger partial charge on any atom is -0.490 e. The van der Waals surface area contributed by atoms with Gasteiger partial charge in [0.2, 0.25) is 0 Å². The summed E-state index contributed by atoms with van der Waals surface area (Å²) in [5.74, 6) is -0.0563. The van der Waals surface area contributed by atoms with Crippen LogP contribution in [0, 0.1) is 0 Å². The molecule has 0 bridgehead atoms. The van der Waals surface area contributed by atoms with Gasteiger partial charge in [-0.2, -0.15) is 13.2 Å². The normalized spacial score (nSPS) is 14.2. The van der Waals surface area contributed by atoms with Crippen LogP contribution < -0.4 is 4.74 Å². The van der Waals surface area contributed by atoms with Crippen LogP contribution in [0.5, 0.6) is 5.75 Å². The highest BCUT2D eigenvalue weighted by molar-refractivity contribution is 7.90. The maximum atomic E-state index is 13.4. The molecule has 1 amide bonds. The molecule has 6 nitrogen and oxygen atoms in total. The number of thiazole rings is 1. The zero-order valence-corrected chi connectivity index (χ0v) is 20.9. The molecule has 11 heteroatoms. The fourth-order valence-corrected chi connectivity index (χ4v) is 5.50. The smallest absolute Gasteiger partial charge is 0.416 e. The topological polar surface area (TPSA) is 76.6 Å². The Kier molecular flexibility index (Phi) is 6.67. The van der Waals surface area contributed by atoms with Crippen molar-refractivity contribution < 1.29 is 31.1 Å². The Balaban J connectivity index is 1.60. The van der Waals surface area contributed by atoms with Crippen LogP contribution in [0.15, 0.2) is 47.4 Å². The molecule has 0 N–H and O–H groups in total. The van der Waals surface area contributed by atoms with E-state index in [4.69, 9.17) is 4.74 Å². The van der Waals surface area contributed by atoms with Crippen molar-refractivity contribution in [3.05, 3.63) is 64.2 Å². The summed E-state index contributed by atoms with van der Waals surface area (Å²) in [5.41, 5.74) is 0.814. The molecular formula is C24H23F3N2O4S2. The van der Waals surface area contributed by atoms with Crippen molar-refractivity contribution in [3.8, 4) is 16.3 Å². The summed E-state index contributed by atoms with van der Waals surface area (Å²) in [6.45, 7) is 4.25. The molecule has 2 aromatic carbocycles. The van der Waals surface area contributed by atoms with E-state index < -0.39 is 21.6 Å². The van der Waals surface area contributed by atoms with Crippen molar-refractivity contribution >= 4 is 27.1 Å². The monoisotopic (exact) mass is 524 g/mol. The second-order valence-corrected chi connectivity index (χ2v) is 11.6. The number of benzene rings is 2. The second-order valence-electron chi connectivity index (χ2n) is 8.54. The first-order chi connectivity index (χ1) is 16.3. The third-order valence-electron chi connectivity index (χ3n) is 5.45. The number of amides is 1. The predicted octanol–water partition coefficient (Wildman–Crippen LogP) is 5.22. The highest BCUT2D eigenvalue weighted by Crippen LogP contribution is 2.35. The van der Waals surface area contributed by atoms with Gasteiger partial charge in [0, 0.05) is 29.7 Å². The van der Waals surface area contributed by atoms with E-state index in [1.807, 2.05) is 13.8 Å². The lowest BCUT2D eigenvalue weighted by atomic mass is 10.1. The first kappa shape index (κ1) is 25.2. The summed E-state index contributed by atoms with van der Waals surface area (Å²) in [6.07, 6.45) is -3.07. The third kappa shape index (κ3) is 5.51. The molecule has 0 saturated heterocycles. The molecule has 2 heterocycles. The first-order valence-corrected chi connectivity index (χ1v) is 13.5. The van der Waals surface area contributed by atoms with Crippen LogP contribution in [0.2, 0.25) is 0 Å². The molecule has 0 spiro atoms. The lowest BCUT2D eigenvalue weighted by Crippen LogP contribution is -2.36. The number of halogens is 3. The van der Waals surface area contributed by atoms with Crippen molar-refractivity contribution in [2.24, 2.45) is 0 Å². The van der Waals surface area contributed by atoms with Crippen LogP contribution in [-0.2, 0) is 29.0 Å². The van der Waals surface area contributed by atoms with E-state index in [-0.39, 0.29) is 29.0 Å². The Labute approximate surface area is 205 Å². The Bertz CT molecular complexity index is 1360. The second kappa shape index (κ2) is 9.27. The van der Waals surface area contributed by atoms with Gasteiger partial charge in [-0.1, -0.05) is 12.1 Å². The van der Waals surface area contributed by atoms with Gasteiger partial charge in [0.25, 0.3) is 5.91 Å². The van der Waals surface area contributed by atoms with E-state index in [1.54, 1.807) is 4.90 Å². The quantitative estimate of drug-likeness (QED) is 0.458. The molecule has 1 aromatic heterocycles. The number of ether oxygens (including phenoxy) is 1. The van der Waals surface area contributed by atoms with Gasteiger partial charge in [-0.15, -0.1) is 11.3 Å². The lowest BCUT2D eigenvalue weighted by molar-refractivity contribution is -0.137. The highest BCUT2D eigenvalue weighted by Gasteiger charge is 2.31. The van der Waals surface area contributed by atoms with Crippen molar-refractivity contribution in [1.29, 1.82) is 0 Å². The number of carbonyl (C=O) groups excluding carboxylic acids is 1. The Morgan fingerprint density at radius 2 is 1.83 bits per heavy atom. The van der Waals surface area contributed by atoms with Gasteiger partial charge in [0.15, 0.2) is 9.84 Å². The molecular weight excluding hydrogens is 501 g/mol. The molecule has 0 saturated carbocycles. The van der Waals surface area contributed by atoms with Crippen molar-refractivity contribution in [2.75, 3.05) is 12.8 Å². The van der Waals surface area contributed by atoms with Gasteiger partial charge in [-0.05, 0) is 44.2 Å². The zero-order chi connectivity index (χ0) is 25.5. The fourth-order valence-electron chi connectivity index (χ4n) is 3.73. The predicted molar refractivity (Wildman–Crippen MR) is 126 cm³/mol. The SMILES string of the molecule is CC(C)Oc1ccc(S(C)(=O)=O)cc1C(=O)N1CCc2nc(-c3ccc(C(F)(F)F)cc3)sc2C1. The van der Waals surface area contributed by atoms with E-state index in [0.717, 1.165) is 29.0 Å². The number of hydrogen-bond donors (Lipinski definition) is 0. The maximum Gasteiger partial charge on any atom is 0.416 e. The van der Waals surface area contributed by atoms with Crippen LogP contribution in [-0.4, -0.2) is 43.1 Å². The number of hydrogen-bond acceptors (Lipinski definition) is 6. The van der Waals surface area contributed by atoms with Gasteiger partial charge in [0.05, 0.1) is 34.4 Å². The molecule has 186 valence electrons. The lowest BCUT2D eigenvalue weighted by Gasteiger charge is -2.27. The van der Waals surface area contributed by atoms with E-state index in [2.05, 4.69) is 4.98 Å². The highest BCUT2D eigenvalue weighted by atomic mass is 32.2. The Hall–Kier alpha value is -2.92. The number of aromatic nitrogens is 1. The standard InChI is InChI=1S/C24H23F3N2O4S2/c1-14(2)33-20-9-8-17(35(3,31)32)12-18(20)23(30)29-11-10-19-21(13-29)34-22(28-19)15-4-6-16(7-5-15)24(25,26)27/h4-9,12,14H,10-11,13H2,1-3H3. The number of sulfone groups is 1. The van der Waals surface area contributed by atoms with Gasteiger partial charge in [-0.3, -0.25) is 4.79 Å². The average molecular weight is 525 g/mol. The molecule has 0 radical (unpaired) electrons. The summed E-state index contributed by atoms with van der Waals surface area (Å²) in [5, 5.41) is 0.584. The summed E-state index contributed by atoms with van der Waals surface area (Å²) in [7, 11) is -3.53. The maximum absolute atomic E-state index is 13.4. The van der Waals surface area contributed by atoms with E-state index in [0.29, 0.717) is 29.3 Å². The summed E-state index contributed by atoms with van der Waals surface area (Å²) < 4.78 is 68.5. The van der Waals surface area contributed by atoms with Gasteiger partial charge < -0.3 is 9.64 Å². The van der Waals surface area contributed by atoms with Crippen LogP contribution in [0.3, 0.4) is 0 Å². The minimum atomic E-state index is -4.41. The Morgan fingerprint density at radius 3 is 2.43 bits per heavy atom. The molecule has 3 aromatic rings. The number of fused-ring (bicyclic) bond motifs is 1. The Morgan fingerprint density at radius 1 is 1.14 bits per heavy atom. The zero-order valence-electron chi connectivity index (χ0n) is 19.2. The third-order valence-corrected chi connectivity index (χ3v) is 7.69. The van der Waals surface area contributed by atoms with Crippen LogP contribution in [0.4, 0.5) is 13.2 Å². The molecule has 0 atom stereocenters. The molecule has 0 unspecified atom stereocenters. The number of alkyl halides is 3. The van der Waals surface area contributed by atoms with Crippen molar-refractivity contribution in [1.82, 2.24) is 9.88 Å². The van der Waals surface area contributed by atoms with Crippen LogP contribution in [0.1, 0.15) is 40.3 Å². The molecule has 0 fully saturated rings. The summed E-state index contributed by atoms with van der Waals surface area (Å²) in [6, 6.07) is 9.08. The van der Waals surface area contributed by atoms with Gasteiger partial charge in [0.1, 0.15) is 10.8 Å². The van der Waals surface area contributed by atoms with Crippen LogP contribution >= 0.6 is 11.3 Å². The van der Waals surface area contributed by atoms with E-state index in [9.17, 15) is 26.4 Å². The van der Waals surface area contributed by atoms with E-state index >= 15 is 0 Å². The first-order valence-electron chi connectivity index (χ1n) is 10.8. The van der Waals surface area contributed by atoms with Crippen molar-refractivity contribution in [2.45, 2.75) is 44.0 Å². The fraction of sp³-hybridized carbons (Fsp3) is 0.333. The summed E-state index contributed by atoms with van der Waals surface area (Å²) >= 11 is 1.33. The molecule has 0 aliphatic carbocycles. The molecule has 35 heavy (non-hydrogen) atoms. The van der Waals surface area contributed by atoms with Gasteiger partial charge >= 0.3 is 6.18 Å². The largest absolute Gasteiger partial charge is 0.490 e. The number of carbonyl (C=O) groups is 1. The van der Waals surface area contributed by atoms with Gasteiger partial charge in [-0.25, -0.2) is 13.4 Å². The average Bonchev–Trinajstić information content (AvgIpc) is 3.20. The molecule has 1 aliphatic rings. The number of rotatable bonds is 5. The van der Waals surface area contributed by atoms with Crippen molar-refractivity contribution in [3.63, 3.8) is 0 Å². The summed E-state index contributed by atoms with van der Waals surface area (Å²) in [4.78, 5) is 20.5. The number of nitrogens with zero attached hydrogens (tertiary/aromatic N) is 2. The molecule has 4 rings (SSSR count).